The summed E-state index contributed by atoms with van der Waals surface area (Å²) in [6.45, 7) is 4.23. The van der Waals surface area contributed by atoms with E-state index in [0.29, 0.717) is 18.1 Å². The van der Waals surface area contributed by atoms with Crippen molar-refractivity contribution in [1.29, 1.82) is 0 Å². The van der Waals surface area contributed by atoms with Gasteiger partial charge in [-0.05, 0) is 17.4 Å². The van der Waals surface area contributed by atoms with E-state index in [9.17, 15) is 4.79 Å². The molecule has 0 aromatic carbocycles. The molecular weight excluding hydrogens is 168 g/mol. The van der Waals surface area contributed by atoms with Crippen LogP contribution in [0.15, 0.2) is 17.5 Å². The zero-order valence-corrected chi connectivity index (χ0v) is 8.36. The molecule has 1 unspecified atom stereocenters. The second-order valence-electron chi connectivity index (χ2n) is 3.12. The zero-order chi connectivity index (χ0) is 8.97. The van der Waals surface area contributed by atoms with Gasteiger partial charge in [0.25, 0.3) is 0 Å². The largest absolute Gasteiger partial charge is 0.293 e. The van der Waals surface area contributed by atoms with E-state index in [1.165, 1.54) is 11.3 Å². The SMILES string of the molecule is CCC(C)CC(=O)c1cccs1. The quantitative estimate of drug-likeness (QED) is 0.652. The van der Waals surface area contributed by atoms with Crippen molar-refractivity contribution in [2.24, 2.45) is 5.92 Å². The molecule has 1 aromatic rings. The lowest BCUT2D eigenvalue weighted by Gasteiger charge is -2.04. The standard InChI is InChI=1S/C10H14OS/c1-3-8(2)7-9(11)10-5-4-6-12-10/h4-6,8H,3,7H2,1-2H3. The number of hydrogen-bond acceptors (Lipinski definition) is 2. The second-order valence-corrected chi connectivity index (χ2v) is 4.07. The Morgan fingerprint density at radius 2 is 2.42 bits per heavy atom. The van der Waals surface area contributed by atoms with Gasteiger partial charge in [-0.25, -0.2) is 0 Å². The van der Waals surface area contributed by atoms with Crippen LogP contribution in [0.5, 0.6) is 0 Å². The molecule has 0 amide bonds. The number of carbonyl (C=O) groups is 1. The fraction of sp³-hybridized carbons (Fsp3) is 0.500. The van der Waals surface area contributed by atoms with Gasteiger partial charge in [0.2, 0.25) is 0 Å². The molecule has 0 spiro atoms. The van der Waals surface area contributed by atoms with Gasteiger partial charge in [0.1, 0.15) is 0 Å². The Bertz CT molecular complexity index is 238. The first-order chi connectivity index (χ1) is 5.74. The second kappa shape index (κ2) is 4.41. The highest BCUT2D eigenvalue weighted by Crippen LogP contribution is 2.16. The minimum Gasteiger partial charge on any atom is -0.293 e. The van der Waals surface area contributed by atoms with Crippen molar-refractivity contribution in [3.63, 3.8) is 0 Å². The molecule has 0 fully saturated rings. The molecule has 12 heavy (non-hydrogen) atoms. The molecule has 2 heteroatoms. The highest BCUT2D eigenvalue weighted by molar-refractivity contribution is 7.12. The van der Waals surface area contributed by atoms with Crippen molar-refractivity contribution in [2.75, 3.05) is 0 Å². The first kappa shape index (κ1) is 9.46. The Labute approximate surface area is 77.4 Å². The first-order valence-electron chi connectivity index (χ1n) is 4.30. The van der Waals surface area contributed by atoms with Crippen LogP contribution in [0.1, 0.15) is 36.4 Å². The first-order valence-corrected chi connectivity index (χ1v) is 5.18. The third kappa shape index (κ3) is 2.45. The van der Waals surface area contributed by atoms with E-state index in [2.05, 4.69) is 13.8 Å². The summed E-state index contributed by atoms with van der Waals surface area (Å²) in [7, 11) is 0. The maximum atomic E-state index is 11.5. The van der Waals surface area contributed by atoms with Gasteiger partial charge in [-0.15, -0.1) is 11.3 Å². The molecule has 0 aliphatic heterocycles. The molecule has 1 rings (SSSR count). The van der Waals surface area contributed by atoms with Crippen LogP contribution < -0.4 is 0 Å². The summed E-state index contributed by atoms with van der Waals surface area (Å²) in [5.41, 5.74) is 0. The average Bonchev–Trinajstić information content (AvgIpc) is 2.56. The summed E-state index contributed by atoms with van der Waals surface area (Å²) in [4.78, 5) is 12.4. The topological polar surface area (TPSA) is 17.1 Å². The Morgan fingerprint density at radius 3 is 2.92 bits per heavy atom. The lowest BCUT2D eigenvalue weighted by molar-refractivity contribution is 0.0967. The molecule has 0 saturated heterocycles. The number of carbonyl (C=O) groups excluding carboxylic acids is 1. The molecule has 0 aliphatic rings. The molecule has 0 saturated carbocycles. The van der Waals surface area contributed by atoms with E-state index in [1.807, 2.05) is 17.5 Å². The zero-order valence-electron chi connectivity index (χ0n) is 7.54. The van der Waals surface area contributed by atoms with Crippen molar-refractivity contribution >= 4 is 17.1 Å². The minimum absolute atomic E-state index is 0.291. The van der Waals surface area contributed by atoms with Crippen LogP contribution >= 0.6 is 11.3 Å². The number of ketones is 1. The molecule has 1 nitrogen and oxygen atoms in total. The lowest BCUT2D eigenvalue weighted by Crippen LogP contribution is -2.03. The van der Waals surface area contributed by atoms with Gasteiger partial charge >= 0.3 is 0 Å². The lowest BCUT2D eigenvalue weighted by atomic mass is 10.0. The van der Waals surface area contributed by atoms with Crippen LogP contribution in [0.4, 0.5) is 0 Å². The van der Waals surface area contributed by atoms with Crippen molar-refractivity contribution in [2.45, 2.75) is 26.7 Å². The molecule has 1 atom stereocenters. The maximum absolute atomic E-state index is 11.5. The van der Waals surface area contributed by atoms with E-state index >= 15 is 0 Å². The van der Waals surface area contributed by atoms with Crippen LogP contribution in [0.2, 0.25) is 0 Å². The predicted octanol–water partition coefficient (Wildman–Crippen LogP) is 3.37. The highest BCUT2D eigenvalue weighted by atomic mass is 32.1. The van der Waals surface area contributed by atoms with E-state index in [0.717, 1.165) is 11.3 Å². The Balaban J connectivity index is 2.50. The van der Waals surface area contributed by atoms with Crippen LogP contribution in [-0.4, -0.2) is 5.78 Å². The summed E-state index contributed by atoms with van der Waals surface area (Å²) in [6.07, 6.45) is 1.77. The normalized spacial score (nSPS) is 12.8. The van der Waals surface area contributed by atoms with E-state index < -0.39 is 0 Å². The van der Waals surface area contributed by atoms with Crippen LogP contribution in [0.3, 0.4) is 0 Å². The van der Waals surface area contributed by atoms with Gasteiger partial charge in [-0.3, -0.25) is 4.79 Å². The smallest absolute Gasteiger partial charge is 0.173 e. The molecule has 1 heterocycles. The Morgan fingerprint density at radius 1 is 1.67 bits per heavy atom. The summed E-state index contributed by atoms with van der Waals surface area (Å²) < 4.78 is 0. The number of rotatable bonds is 4. The van der Waals surface area contributed by atoms with E-state index in [-0.39, 0.29) is 0 Å². The van der Waals surface area contributed by atoms with Gasteiger partial charge in [0.05, 0.1) is 4.88 Å². The fourth-order valence-corrected chi connectivity index (χ4v) is 1.67. The third-order valence-corrected chi connectivity index (χ3v) is 2.94. The Kier molecular flexibility index (Phi) is 3.48. The van der Waals surface area contributed by atoms with Crippen molar-refractivity contribution in [1.82, 2.24) is 0 Å². The van der Waals surface area contributed by atoms with Gasteiger partial charge < -0.3 is 0 Å². The molecule has 0 radical (unpaired) electrons. The Hall–Kier alpha value is -0.630. The van der Waals surface area contributed by atoms with E-state index in [4.69, 9.17) is 0 Å². The average molecular weight is 182 g/mol. The fourth-order valence-electron chi connectivity index (χ4n) is 0.999. The van der Waals surface area contributed by atoms with Gasteiger partial charge in [-0.2, -0.15) is 0 Å². The van der Waals surface area contributed by atoms with Crippen molar-refractivity contribution < 1.29 is 4.79 Å². The summed E-state index contributed by atoms with van der Waals surface area (Å²) in [5, 5.41) is 1.95. The summed E-state index contributed by atoms with van der Waals surface area (Å²) >= 11 is 1.53. The van der Waals surface area contributed by atoms with Crippen molar-refractivity contribution in [3.8, 4) is 0 Å². The molecular formula is C10H14OS. The van der Waals surface area contributed by atoms with Gasteiger partial charge in [0.15, 0.2) is 5.78 Å². The molecule has 0 N–H and O–H groups in total. The number of Topliss-reactive ketones (excluding diaryl/α,β-unsaturated/α-hetero) is 1. The minimum atomic E-state index is 0.291. The number of thiophene rings is 1. The molecule has 66 valence electrons. The van der Waals surface area contributed by atoms with Gasteiger partial charge in [0, 0.05) is 6.42 Å². The molecule has 0 bridgehead atoms. The van der Waals surface area contributed by atoms with E-state index in [1.54, 1.807) is 0 Å². The van der Waals surface area contributed by atoms with Crippen LogP contribution in [0.25, 0.3) is 0 Å². The molecule has 1 aromatic heterocycles. The summed E-state index contributed by atoms with van der Waals surface area (Å²) in [5.74, 6) is 0.805. The van der Waals surface area contributed by atoms with Crippen LogP contribution in [0, 0.1) is 5.92 Å². The molecule has 0 aliphatic carbocycles. The maximum Gasteiger partial charge on any atom is 0.173 e. The summed E-state index contributed by atoms with van der Waals surface area (Å²) in [6, 6.07) is 3.82. The van der Waals surface area contributed by atoms with Crippen molar-refractivity contribution in [3.05, 3.63) is 22.4 Å². The van der Waals surface area contributed by atoms with Gasteiger partial charge in [-0.1, -0.05) is 26.3 Å². The number of hydrogen-bond donors (Lipinski definition) is 0. The third-order valence-electron chi connectivity index (χ3n) is 2.03. The highest BCUT2D eigenvalue weighted by Gasteiger charge is 2.09. The monoisotopic (exact) mass is 182 g/mol. The predicted molar refractivity (Wildman–Crippen MR) is 52.7 cm³/mol. The van der Waals surface area contributed by atoms with Crippen LogP contribution in [-0.2, 0) is 0 Å².